The third kappa shape index (κ3) is 2.75. The topological polar surface area (TPSA) is 75.9 Å². The summed E-state index contributed by atoms with van der Waals surface area (Å²) in [5.41, 5.74) is 3.18. The van der Waals surface area contributed by atoms with Gasteiger partial charge in [0.05, 0.1) is 11.3 Å². The first-order chi connectivity index (χ1) is 14.2. The molecule has 1 N–H and O–H groups in total. The van der Waals surface area contributed by atoms with E-state index in [1.807, 2.05) is 85.8 Å². The minimum Gasteiger partial charge on any atom is -0.358 e. The van der Waals surface area contributed by atoms with E-state index in [-0.39, 0.29) is 5.91 Å². The van der Waals surface area contributed by atoms with Crippen LogP contribution in [0.15, 0.2) is 85.2 Å². The number of benzene rings is 3. The lowest BCUT2D eigenvalue weighted by Crippen LogP contribution is -2.56. The Bertz CT molecular complexity index is 1170. The Morgan fingerprint density at radius 2 is 1.66 bits per heavy atom. The van der Waals surface area contributed by atoms with Gasteiger partial charge >= 0.3 is 0 Å². The number of hydrogen-bond acceptors (Lipinski definition) is 5. The standard InChI is InChI=1S/C22H18N6O/c1-22(16-8-7-11-18(14-16)27-15-23-25-26-27)24-20-13-6-5-12-19(20)21(29)28(22)17-9-3-2-4-10-17/h2-15,24H,1H3/t22-/m1/s1. The summed E-state index contributed by atoms with van der Waals surface area (Å²) in [5, 5.41) is 15.0. The molecular formula is C22H18N6O. The van der Waals surface area contributed by atoms with E-state index in [1.54, 1.807) is 15.9 Å². The summed E-state index contributed by atoms with van der Waals surface area (Å²) in [7, 11) is 0. The molecule has 0 unspecified atom stereocenters. The Morgan fingerprint density at radius 3 is 2.45 bits per heavy atom. The molecule has 1 aliphatic heterocycles. The summed E-state index contributed by atoms with van der Waals surface area (Å²) in [4.78, 5) is 15.4. The zero-order valence-corrected chi connectivity index (χ0v) is 15.7. The van der Waals surface area contributed by atoms with Crippen LogP contribution < -0.4 is 10.2 Å². The van der Waals surface area contributed by atoms with E-state index >= 15 is 0 Å². The number of rotatable bonds is 3. The van der Waals surface area contributed by atoms with Crippen molar-refractivity contribution in [2.75, 3.05) is 10.2 Å². The van der Waals surface area contributed by atoms with Gasteiger partial charge in [-0.1, -0.05) is 42.5 Å². The number of carbonyl (C=O) groups is 1. The molecule has 1 atom stereocenters. The van der Waals surface area contributed by atoms with Crippen molar-refractivity contribution >= 4 is 17.3 Å². The number of carbonyl (C=O) groups excluding carboxylic acids is 1. The zero-order valence-electron chi connectivity index (χ0n) is 15.7. The Labute approximate surface area is 167 Å². The number of para-hydroxylation sites is 2. The first-order valence-corrected chi connectivity index (χ1v) is 9.27. The summed E-state index contributed by atoms with van der Waals surface area (Å²) in [5.74, 6) is -0.0547. The lowest BCUT2D eigenvalue weighted by atomic mass is 9.92. The third-order valence-corrected chi connectivity index (χ3v) is 5.22. The second-order valence-corrected chi connectivity index (χ2v) is 7.02. The highest BCUT2D eigenvalue weighted by molar-refractivity contribution is 6.12. The molecule has 3 aromatic carbocycles. The molecule has 0 spiro atoms. The third-order valence-electron chi connectivity index (χ3n) is 5.22. The van der Waals surface area contributed by atoms with Gasteiger partial charge in [0.1, 0.15) is 12.0 Å². The molecule has 7 heteroatoms. The van der Waals surface area contributed by atoms with Gasteiger partial charge in [0.2, 0.25) is 0 Å². The minimum atomic E-state index is -0.809. The van der Waals surface area contributed by atoms with Crippen molar-refractivity contribution in [1.29, 1.82) is 0 Å². The Kier molecular flexibility index (Phi) is 3.87. The highest BCUT2D eigenvalue weighted by Crippen LogP contribution is 2.41. The maximum atomic E-state index is 13.6. The Morgan fingerprint density at radius 1 is 0.897 bits per heavy atom. The SMILES string of the molecule is C[C@@]1(c2cccc(-n3cnnn3)c2)Nc2ccccc2C(=O)N1c1ccccc1. The molecular weight excluding hydrogens is 364 g/mol. The molecule has 29 heavy (non-hydrogen) atoms. The minimum absolute atomic E-state index is 0.0547. The number of nitrogens with one attached hydrogen (secondary N) is 1. The summed E-state index contributed by atoms with van der Waals surface area (Å²) in [6.07, 6.45) is 1.55. The first-order valence-electron chi connectivity index (χ1n) is 9.27. The van der Waals surface area contributed by atoms with Crippen molar-refractivity contribution in [2.45, 2.75) is 12.6 Å². The molecule has 142 valence electrons. The fourth-order valence-corrected chi connectivity index (χ4v) is 3.80. The number of amides is 1. The van der Waals surface area contributed by atoms with E-state index in [2.05, 4.69) is 20.8 Å². The van der Waals surface area contributed by atoms with E-state index in [0.29, 0.717) is 5.56 Å². The van der Waals surface area contributed by atoms with E-state index in [9.17, 15) is 4.79 Å². The number of anilines is 2. The maximum Gasteiger partial charge on any atom is 0.262 e. The van der Waals surface area contributed by atoms with Crippen molar-refractivity contribution in [3.05, 3.63) is 96.3 Å². The smallest absolute Gasteiger partial charge is 0.262 e. The molecule has 0 bridgehead atoms. The predicted octanol–water partition coefficient (Wildman–Crippen LogP) is 3.61. The molecule has 1 aromatic heterocycles. The summed E-state index contributed by atoms with van der Waals surface area (Å²) < 4.78 is 1.60. The maximum absolute atomic E-state index is 13.6. The van der Waals surface area contributed by atoms with Gasteiger partial charge in [0, 0.05) is 11.4 Å². The van der Waals surface area contributed by atoms with Crippen LogP contribution in [0.5, 0.6) is 0 Å². The number of nitrogens with zero attached hydrogens (tertiary/aromatic N) is 5. The molecule has 5 rings (SSSR count). The van der Waals surface area contributed by atoms with E-state index < -0.39 is 5.66 Å². The van der Waals surface area contributed by atoms with Crippen LogP contribution in [-0.4, -0.2) is 26.1 Å². The average molecular weight is 382 g/mol. The number of fused-ring (bicyclic) bond motifs is 1. The quantitative estimate of drug-likeness (QED) is 0.586. The van der Waals surface area contributed by atoms with Gasteiger partial charge in [-0.25, -0.2) is 4.68 Å². The van der Waals surface area contributed by atoms with Crippen LogP contribution in [-0.2, 0) is 5.66 Å². The van der Waals surface area contributed by atoms with Crippen LogP contribution in [0.1, 0.15) is 22.8 Å². The van der Waals surface area contributed by atoms with Gasteiger partial charge in [-0.3, -0.25) is 9.69 Å². The van der Waals surface area contributed by atoms with Crippen LogP contribution in [0.25, 0.3) is 5.69 Å². The largest absolute Gasteiger partial charge is 0.358 e. The summed E-state index contributed by atoms with van der Waals surface area (Å²) in [6.45, 7) is 2.01. The number of tetrazole rings is 1. The molecule has 1 aliphatic rings. The molecule has 0 saturated carbocycles. The molecule has 4 aromatic rings. The molecule has 0 saturated heterocycles. The zero-order chi connectivity index (χ0) is 19.8. The lowest BCUT2D eigenvalue weighted by Gasteiger charge is -2.46. The predicted molar refractivity (Wildman–Crippen MR) is 110 cm³/mol. The van der Waals surface area contributed by atoms with Gasteiger partial charge in [0.25, 0.3) is 5.91 Å². The van der Waals surface area contributed by atoms with E-state index in [0.717, 1.165) is 22.6 Å². The van der Waals surface area contributed by atoms with Gasteiger partial charge < -0.3 is 5.32 Å². The molecule has 0 radical (unpaired) electrons. The van der Waals surface area contributed by atoms with Gasteiger partial charge in [-0.2, -0.15) is 0 Å². The summed E-state index contributed by atoms with van der Waals surface area (Å²) in [6, 6.07) is 25.1. The van der Waals surface area contributed by atoms with Crippen LogP contribution in [0.4, 0.5) is 11.4 Å². The highest BCUT2D eigenvalue weighted by atomic mass is 16.2. The Balaban J connectivity index is 1.70. The Hall–Kier alpha value is -4.00. The van der Waals surface area contributed by atoms with Crippen molar-refractivity contribution in [1.82, 2.24) is 20.2 Å². The first kappa shape index (κ1) is 17.1. The molecule has 0 aliphatic carbocycles. The van der Waals surface area contributed by atoms with Gasteiger partial charge in [-0.15, -0.1) is 5.10 Å². The summed E-state index contributed by atoms with van der Waals surface area (Å²) >= 11 is 0. The fraction of sp³-hybridized carbons (Fsp3) is 0.0909. The van der Waals surface area contributed by atoms with Gasteiger partial charge in [0.15, 0.2) is 0 Å². The number of aromatic nitrogens is 4. The second-order valence-electron chi connectivity index (χ2n) is 7.02. The van der Waals surface area contributed by atoms with Gasteiger partial charge in [-0.05, 0) is 59.3 Å². The van der Waals surface area contributed by atoms with Crippen molar-refractivity contribution in [3.8, 4) is 5.69 Å². The fourth-order valence-electron chi connectivity index (χ4n) is 3.80. The van der Waals surface area contributed by atoms with Crippen molar-refractivity contribution in [3.63, 3.8) is 0 Å². The van der Waals surface area contributed by atoms with Crippen molar-refractivity contribution < 1.29 is 4.79 Å². The average Bonchev–Trinajstić information content (AvgIpc) is 3.30. The molecule has 0 fully saturated rings. The highest BCUT2D eigenvalue weighted by Gasteiger charge is 2.43. The van der Waals surface area contributed by atoms with Crippen LogP contribution in [0.2, 0.25) is 0 Å². The second kappa shape index (κ2) is 6.56. The molecule has 1 amide bonds. The van der Waals surface area contributed by atoms with Crippen molar-refractivity contribution in [2.24, 2.45) is 0 Å². The van der Waals surface area contributed by atoms with Crippen LogP contribution >= 0.6 is 0 Å². The van der Waals surface area contributed by atoms with Crippen LogP contribution in [0.3, 0.4) is 0 Å². The van der Waals surface area contributed by atoms with E-state index in [4.69, 9.17) is 0 Å². The van der Waals surface area contributed by atoms with Crippen LogP contribution in [0, 0.1) is 0 Å². The van der Waals surface area contributed by atoms with E-state index in [1.165, 1.54) is 0 Å². The lowest BCUT2D eigenvalue weighted by molar-refractivity contribution is 0.0956. The number of hydrogen-bond donors (Lipinski definition) is 1. The monoisotopic (exact) mass is 382 g/mol. The molecule has 7 nitrogen and oxygen atoms in total. The normalized spacial score (nSPS) is 18.2. The molecule has 2 heterocycles.